The number of benzene rings is 1. The molecule has 1 saturated carbocycles. The van der Waals surface area contributed by atoms with E-state index >= 15 is 0 Å². The number of hydrogen-bond acceptors (Lipinski definition) is 3. The molecule has 1 aromatic rings. The monoisotopic (exact) mass is 219 g/mol. The third kappa shape index (κ3) is 3.35. The average Bonchev–Trinajstić information content (AvgIpc) is 3.09. The maximum Gasteiger partial charge on any atom is 0.176 e. The Morgan fingerprint density at radius 1 is 1.31 bits per heavy atom. The lowest BCUT2D eigenvalue weighted by atomic mass is 10.1. The fourth-order valence-electron chi connectivity index (χ4n) is 1.66. The standard InChI is InChI=1S/C13H17NO2/c15-12-5-3-11(4-6-12)13(16)9-14-8-7-10-1-2-10/h3-6,10,14-15H,1-2,7-9H2. The van der Waals surface area contributed by atoms with Gasteiger partial charge >= 0.3 is 0 Å². The molecule has 1 fully saturated rings. The van der Waals surface area contributed by atoms with E-state index < -0.39 is 0 Å². The summed E-state index contributed by atoms with van der Waals surface area (Å²) in [6.45, 7) is 1.31. The number of nitrogens with one attached hydrogen (secondary N) is 1. The van der Waals surface area contributed by atoms with Crippen LogP contribution in [-0.2, 0) is 0 Å². The predicted octanol–water partition coefficient (Wildman–Crippen LogP) is 1.96. The van der Waals surface area contributed by atoms with Crippen molar-refractivity contribution in [3.63, 3.8) is 0 Å². The molecule has 86 valence electrons. The van der Waals surface area contributed by atoms with Crippen molar-refractivity contribution in [3.05, 3.63) is 29.8 Å². The Bertz CT molecular complexity index is 355. The fourth-order valence-corrected chi connectivity index (χ4v) is 1.66. The van der Waals surface area contributed by atoms with Crippen LogP contribution in [0.1, 0.15) is 29.6 Å². The minimum absolute atomic E-state index is 0.0794. The normalized spacial score (nSPS) is 15.0. The van der Waals surface area contributed by atoms with E-state index in [2.05, 4.69) is 5.32 Å². The Morgan fingerprint density at radius 2 is 2.00 bits per heavy atom. The van der Waals surface area contributed by atoms with E-state index in [1.54, 1.807) is 12.1 Å². The lowest BCUT2D eigenvalue weighted by Gasteiger charge is -2.03. The second-order valence-electron chi connectivity index (χ2n) is 4.38. The zero-order valence-corrected chi connectivity index (χ0v) is 9.28. The lowest BCUT2D eigenvalue weighted by molar-refractivity contribution is 0.0991. The molecule has 0 bridgehead atoms. The molecule has 16 heavy (non-hydrogen) atoms. The van der Waals surface area contributed by atoms with E-state index in [-0.39, 0.29) is 11.5 Å². The first kappa shape index (κ1) is 11.1. The SMILES string of the molecule is O=C(CNCCC1CC1)c1ccc(O)cc1. The second-order valence-corrected chi connectivity index (χ2v) is 4.38. The van der Waals surface area contributed by atoms with Crippen molar-refractivity contribution in [2.45, 2.75) is 19.3 Å². The van der Waals surface area contributed by atoms with Gasteiger partial charge in [-0.2, -0.15) is 0 Å². The van der Waals surface area contributed by atoms with Gasteiger partial charge < -0.3 is 10.4 Å². The van der Waals surface area contributed by atoms with Crippen LogP contribution in [0.5, 0.6) is 5.75 Å². The van der Waals surface area contributed by atoms with Gasteiger partial charge in [-0.05, 0) is 43.1 Å². The minimum atomic E-state index is 0.0794. The molecule has 0 aromatic heterocycles. The first-order chi connectivity index (χ1) is 7.75. The number of aromatic hydroxyl groups is 1. The van der Waals surface area contributed by atoms with Crippen LogP contribution in [-0.4, -0.2) is 24.0 Å². The molecule has 0 saturated heterocycles. The van der Waals surface area contributed by atoms with Gasteiger partial charge in [-0.1, -0.05) is 12.8 Å². The van der Waals surface area contributed by atoms with Gasteiger partial charge in [-0.25, -0.2) is 0 Å². The molecular formula is C13H17NO2. The van der Waals surface area contributed by atoms with Crippen molar-refractivity contribution in [3.8, 4) is 5.75 Å². The van der Waals surface area contributed by atoms with E-state index in [1.807, 2.05) is 0 Å². The summed E-state index contributed by atoms with van der Waals surface area (Å²) < 4.78 is 0. The molecule has 0 amide bonds. The Hall–Kier alpha value is -1.35. The van der Waals surface area contributed by atoms with Gasteiger partial charge in [0.05, 0.1) is 6.54 Å². The molecule has 3 nitrogen and oxygen atoms in total. The van der Waals surface area contributed by atoms with E-state index in [0.29, 0.717) is 12.1 Å². The molecular weight excluding hydrogens is 202 g/mol. The summed E-state index contributed by atoms with van der Waals surface area (Å²) in [7, 11) is 0. The van der Waals surface area contributed by atoms with Crippen molar-refractivity contribution in [1.82, 2.24) is 5.32 Å². The fraction of sp³-hybridized carbons (Fsp3) is 0.462. The Labute approximate surface area is 95.5 Å². The first-order valence-electron chi connectivity index (χ1n) is 5.78. The number of ketones is 1. The van der Waals surface area contributed by atoms with Crippen LogP contribution in [0.15, 0.2) is 24.3 Å². The molecule has 3 heteroatoms. The van der Waals surface area contributed by atoms with Crippen molar-refractivity contribution >= 4 is 5.78 Å². The molecule has 0 atom stereocenters. The summed E-state index contributed by atoms with van der Waals surface area (Å²) in [4.78, 5) is 11.7. The highest BCUT2D eigenvalue weighted by Crippen LogP contribution is 2.31. The summed E-state index contributed by atoms with van der Waals surface area (Å²) in [5.41, 5.74) is 0.650. The number of carbonyl (C=O) groups excluding carboxylic acids is 1. The van der Waals surface area contributed by atoms with Crippen LogP contribution in [0.4, 0.5) is 0 Å². The van der Waals surface area contributed by atoms with Gasteiger partial charge in [-0.3, -0.25) is 4.79 Å². The zero-order chi connectivity index (χ0) is 11.4. The Kier molecular flexibility index (Phi) is 3.57. The Balaban J connectivity index is 1.71. The van der Waals surface area contributed by atoms with Crippen LogP contribution in [0.25, 0.3) is 0 Å². The lowest BCUT2D eigenvalue weighted by Crippen LogP contribution is -2.24. The van der Waals surface area contributed by atoms with Gasteiger partial charge in [0, 0.05) is 5.56 Å². The molecule has 1 aromatic carbocycles. The van der Waals surface area contributed by atoms with Crippen LogP contribution in [0.3, 0.4) is 0 Å². The van der Waals surface area contributed by atoms with E-state index in [1.165, 1.54) is 31.4 Å². The molecule has 2 N–H and O–H groups in total. The smallest absolute Gasteiger partial charge is 0.176 e. The Morgan fingerprint density at radius 3 is 2.62 bits per heavy atom. The highest BCUT2D eigenvalue weighted by atomic mass is 16.3. The van der Waals surface area contributed by atoms with E-state index in [9.17, 15) is 4.79 Å². The largest absolute Gasteiger partial charge is 0.508 e. The topological polar surface area (TPSA) is 49.3 Å². The van der Waals surface area contributed by atoms with E-state index in [4.69, 9.17) is 5.11 Å². The van der Waals surface area contributed by atoms with Crippen LogP contribution < -0.4 is 5.32 Å². The van der Waals surface area contributed by atoms with Crippen LogP contribution in [0, 0.1) is 5.92 Å². The summed E-state index contributed by atoms with van der Waals surface area (Å²) in [6.07, 6.45) is 3.89. The molecule has 0 aliphatic heterocycles. The third-order valence-corrected chi connectivity index (χ3v) is 2.90. The molecule has 1 aliphatic rings. The molecule has 0 radical (unpaired) electrons. The van der Waals surface area contributed by atoms with Crippen molar-refractivity contribution in [2.24, 2.45) is 5.92 Å². The van der Waals surface area contributed by atoms with E-state index in [0.717, 1.165) is 12.5 Å². The summed E-state index contributed by atoms with van der Waals surface area (Å²) in [6, 6.07) is 6.38. The van der Waals surface area contributed by atoms with Gasteiger partial charge in [0.2, 0.25) is 0 Å². The molecule has 0 heterocycles. The average molecular weight is 219 g/mol. The molecule has 1 aliphatic carbocycles. The van der Waals surface area contributed by atoms with Gasteiger partial charge in [0.25, 0.3) is 0 Å². The minimum Gasteiger partial charge on any atom is -0.508 e. The molecule has 2 rings (SSSR count). The maximum absolute atomic E-state index is 11.7. The molecule has 0 unspecified atom stereocenters. The van der Waals surface area contributed by atoms with Gasteiger partial charge in [-0.15, -0.1) is 0 Å². The van der Waals surface area contributed by atoms with Crippen molar-refractivity contribution < 1.29 is 9.90 Å². The van der Waals surface area contributed by atoms with Crippen LogP contribution >= 0.6 is 0 Å². The predicted molar refractivity (Wildman–Crippen MR) is 62.6 cm³/mol. The number of hydrogen-bond donors (Lipinski definition) is 2. The first-order valence-corrected chi connectivity index (χ1v) is 5.78. The summed E-state index contributed by atoms with van der Waals surface area (Å²) in [5, 5.41) is 12.3. The number of carbonyl (C=O) groups is 1. The quantitative estimate of drug-likeness (QED) is 0.568. The maximum atomic E-state index is 11.7. The number of phenolic OH excluding ortho intramolecular Hbond substituents is 1. The number of rotatable bonds is 6. The number of phenols is 1. The summed E-state index contributed by atoms with van der Waals surface area (Å²) >= 11 is 0. The zero-order valence-electron chi connectivity index (χ0n) is 9.28. The van der Waals surface area contributed by atoms with Gasteiger partial charge in [0.1, 0.15) is 5.75 Å². The van der Waals surface area contributed by atoms with Crippen molar-refractivity contribution in [2.75, 3.05) is 13.1 Å². The number of Topliss-reactive ketones (excluding diaryl/α,β-unsaturated/α-hetero) is 1. The highest BCUT2D eigenvalue weighted by molar-refractivity contribution is 5.97. The molecule has 0 spiro atoms. The third-order valence-electron chi connectivity index (χ3n) is 2.90. The van der Waals surface area contributed by atoms with Crippen molar-refractivity contribution in [1.29, 1.82) is 0 Å². The van der Waals surface area contributed by atoms with Crippen LogP contribution in [0.2, 0.25) is 0 Å². The second kappa shape index (κ2) is 5.12. The van der Waals surface area contributed by atoms with Gasteiger partial charge in [0.15, 0.2) is 5.78 Å². The summed E-state index contributed by atoms with van der Waals surface area (Å²) in [5.74, 6) is 1.17. The highest BCUT2D eigenvalue weighted by Gasteiger charge is 2.20.